The molecule has 0 aromatic rings. The molecular formula is C14H26. The van der Waals surface area contributed by atoms with Crippen LogP contribution in [0.1, 0.15) is 65.2 Å². The van der Waals surface area contributed by atoms with Crippen molar-refractivity contribution in [1.82, 2.24) is 0 Å². The van der Waals surface area contributed by atoms with Crippen molar-refractivity contribution in [2.75, 3.05) is 0 Å². The Morgan fingerprint density at radius 1 is 0.786 bits per heavy atom. The molecule has 2 rings (SSSR count). The van der Waals surface area contributed by atoms with Crippen LogP contribution < -0.4 is 0 Å². The molecule has 0 aliphatic heterocycles. The zero-order valence-electron chi connectivity index (χ0n) is 9.97. The molecule has 0 atom stereocenters. The molecule has 0 unspecified atom stereocenters. The van der Waals surface area contributed by atoms with Crippen molar-refractivity contribution >= 4 is 0 Å². The summed E-state index contributed by atoms with van der Waals surface area (Å²) < 4.78 is 0. The first kappa shape index (κ1) is 10.5. The van der Waals surface area contributed by atoms with E-state index >= 15 is 0 Å². The summed E-state index contributed by atoms with van der Waals surface area (Å²) in [5.41, 5.74) is 0. The summed E-state index contributed by atoms with van der Waals surface area (Å²) in [7, 11) is 0. The van der Waals surface area contributed by atoms with Crippen LogP contribution in [0.2, 0.25) is 0 Å². The second-order valence-corrected chi connectivity index (χ2v) is 6.05. The maximum atomic E-state index is 2.40. The van der Waals surface area contributed by atoms with E-state index in [1.165, 1.54) is 25.7 Å². The molecular weight excluding hydrogens is 168 g/mol. The van der Waals surface area contributed by atoms with Gasteiger partial charge in [0, 0.05) is 0 Å². The lowest BCUT2D eigenvalue weighted by Crippen LogP contribution is -2.18. The molecule has 0 bridgehead atoms. The molecule has 0 N–H and O–H groups in total. The van der Waals surface area contributed by atoms with Crippen molar-refractivity contribution in [3.8, 4) is 0 Å². The second-order valence-electron chi connectivity index (χ2n) is 6.05. The normalized spacial score (nSPS) is 33.6. The van der Waals surface area contributed by atoms with Crippen LogP contribution in [0.4, 0.5) is 0 Å². The van der Waals surface area contributed by atoms with Gasteiger partial charge in [0.2, 0.25) is 0 Å². The molecule has 82 valence electrons. The molecule has 14 heavy (non-hydrogen) atoms. The summed E-state index contributed by atoms with van der Waals surface area (Å²) in [4.78, 5) is 0. The Bertz CT molecular complexity index is 159. The van der Waals surface area contributed by atoms with Crippen molar-refractivity contribution in [2.24, 2.45) is 23.7 Å². The number of rotatable bonds is 4. The molecule has 2 aliphatic rings. The molecule has 0 saturated heterocycles. The summed E-state index contributed by atoms with van der Waals surface area (Å²) in [6.45, 7) is 4.80. The van der Waals surface area contributed by atoms with Gasteiger partial charge in [-0.3, -0.25) is 0 Å². The Morgan fingerprint density at radius 3 is 1.57 bits per heavy atom. The van der Waals surface area contributed by atoms with Crippen molar-refractivity contribution in [2.45, 2.75) is 65.2 Å². The van der Waals surface area contributed by atoms with Gasteiger partial charge in [0.15, 0.2) is 0 Å². The molecule has 0 amide bonds. The third-order valence-electron chi connectivity index (χ3n) is 4.51. The van der Waals surface area contributed by atoms with Gasteiger partial charge in [-0.1, -0.05) is 52.4 Å². The van der Waals surface area contributed by atoms with Crippen molar-refractivity contribution in [3.63, 3.8) is 0 Å². The predicted molar refractivity (Wildman–Crippen MR) is 62.2 cm³/mol. The largest absolute Gasteiger partial charge is 0.0625 e. The molecule has 0 nitrogen and oxygen atoms in total. The van der Waals surface area contributed by atoms with Gasteiger partial charge in [-0.25, -0.2) is 0 Å². The van der Waals surface area contributed by atoms with Crippen molar-refractivity contribution in [1.29, 1.82) is 0 Å². The lowest BCUT2D eigenvalue weighted by molar-refractivity contribution is 0.213. The van der Waals surface area contributed by atoms with Gasteiger partial charge >= 0.3 is 0 Å². The smallest absolute Gasteiger partial charge is 0.0391 e. The van der Waals surface area contributed by atoms with Gasteiger partial charge in [-0.2, -0.15) is 0 Å². The van der Waals surface area contributed by atoms with Crippen LogP contribution in [0, 0.1) is 23.7 Å². The molecule has 0 heterocycles. The lowest BCUT2D eigenvalue weighted by atomic mass is 9.75. The zero-order chi connectivity index (χ0) is 9.97. The van der Waals surface area contributed by atoms with E-state index in [0.717, 1.165) is 23.7 Å². The summed E-state index contributed by atoms with van der Waals surface area (Å²) in [5, 5.41) is 0. The molecule has 0 radical (unpaired) electrons. The lowest BCUT2D eigenvalue weighted by Gasteiger charge is -2.30. The van der Waals surface area contributed by atoms with Gasteiger partial charge < -0.3 is 0 Å². The predicted octanol–water partition coefficient (Wildman–Crippen LogP) is 4.64. The Morgan fingerprint density at radius 2 is 1.21 bits per heavy atom. The SMILES string of the molecule is CC(C)C1CCC(CCC2CC2)CC1. The van der Waals surface area contributed by atoms with Gasteiger partial charge in [-0.05, 0) is 36.5 Å². The van der Waals surface area contributed by atoms with E-state index in [-0.39, 0.29) is 0 Å². The fourth-order valence-electron chi connectivity index (χ4n) is 3.02. The molecule has 0 spiro atoms. The fraction of sp³-hybridized carbons (Fsp3) is 1.00. The van der Waals surface area contributed by atoms with E-state index in [1.807, 2.05) is 0 Å². The highest BCUT2D eigenvalue weighted by molar-refractivity contribution is 4.78. The Labute approximate surface area is 89.5 Å². The second kappa shape index (κ2) is 4.68. The van der Waals surface area contributed by atoms with Gasteiger partial charge in [-0.15, -0.1) is 0 Å². The van der Waals surface area contributed by atoms with Gasteiger partial charge in [0.05, 0.1) is 0 Å². The summed E-state index contributed by atoms with van der Waals surface area (Å²) in [6.07, 6.45) is 12.3. The van der Waals surface area contributed by atoms with Gasteiger partial charge in [0.25, 0.3) is 0 Å². The molecule has 0 aromatic carbocycles. The topological polar surface area (TPSA) is 0 Å². The third kappa shape index (κ3) is 3.00. The van der Waals surface area contributed by atoms with Crippen LogP contribution >= 0.6 is 0 Å². The van der Waals surface area contributed by atoms with Crippen molar-refractivity contribution in [3.05, 3.63) is 0 Å². The molecule has 0 aromatic heterocycles. The molecule has 0 heteroatoms. The molecule has 2 aliphatic carbocycles. The first-order chi connectivity index (χ1) is 6.75. The first-order valence-electron chi connectivity index (χ1n) is 6.75. The average molecular weight is 194 g/mol. The van der Waals surface area contributed by atoms with Crippen molar-refractivity contribution < 1.29 is 0 Å². The summed E-state index contributed by atoms with van der Waals surface area (Å²) >= 11 is 0. The highest BCUT2D eigenvalue weighted by Gasteiger charge is 2.26. The average Bonchev–Trinajstić information content (AvgIpc) is 2.99. The number of hydrogen-bond donors (Lipinski definition) is 0. The monoisotopic (exact) mass is 194 g/mol. The Hall–Kier alpha value is 0. The first-order valence-corrected chi connectivity index (χ1v) is 6.75. The third-order valence-corrected chi connectivity index (χ3v) is 4.51. The molecule has 2 saturated carbocycles. The maximum absolute atomic E-state index is 2.40. The molecule has 2 fully saturated rings. The van der Waals surface area contributed by atoms with Crippen LogP contribution in [-0.4, -0.2) is 0 Å². The van der Waals surface area contributed by atoms with E-state index in [2.05, 4.69) is 13.8 Å². The number of hydrogen-bond acceptors (Lipinski definition) is 0. The quantitative estimate of drug-likeness (QED) is 0.611. The van der Waals surface area contributed by atoms with Crippen LogP contribution in [0.15, 0.2) is 0 Å². The zero-order valence-corrected chi connectivity index (χ0v) is 9.97. The van der Waals surface area contributed by atoms with Crippen LogP contribution in [0.5, 0.6) is 0 Å². The summed E-state index contributed by atoms with van der Waals surface area (Å²) in [5.74, 6) is 4.23. The van der Waals surface area contributed by atoms with E-state index in [9.17, 15) is 0 Å². The highest BCUT2D eigenvalue weighted by atomic mass is 14.3. The van der Waals surface area contributed by atoms with E-state index in [0.29, 0.717) is 0 Å². The van der Waals surface area contributed by atoms with E-state index in [4.69, 9.17) is 0 Å². The van der Waals surface area contributed by atoms with Gasteiger partial charge in [0.1, 0.15) is 0 Å². The summed E-state index contributed by atoms with van der Waals surface area (Å²) in [6, 6.07) is 0. The highest BCUT2D eigenvalue weighted by Crippen LogP contribution is 2.39. The van der Waals surface area contributed by atoms with Crippen LogP contribution in [0.3, 0.4) is 0 Å². The minimum Gasteiger partial charge on any atom is -0.0625 e. The Balaban J connectivity index is 1.62. The van der Waals surface area contributed by atoms with E-state index in [1.54, 1.807) is 25.7 Å². The van der Waals surface area contributed by atoms with Crippen LogP contribution in [-0.2, 0) is 0 Å². The Kier molecular flexibility index (Phi) is 3.52. The fourth-order valence-corrected chi connectivity index (χ4v) is 3.02. The minimum atomic E-state index is 0.930. The minimum absolute atomic E-state index is 0.930. The van der Waals surface area contributed by atoms with Crippen LogP contribution in [0.25, 0.3) is 0 Å². The standard InChI is InChI=1S/C14H26/c1-11(2)14-9-7-13(8-10-14)6-5-12-3-4-12/h11-14H,3-10H2,1-2H3. The van der Waals surface area contributed by atoms with E-state index < -0.39 is 0 Å². The maximum Gasteiger partial charge on any atom is -0.0391 e.